The SMILES string of the molecule is COc1ccc(C(=O)NCc2ccc3c(c2)CCC3)cc1F. The van der Waals surface area contributed by atoms with Gasteiger partial charge >= 0.3 is 0 Å². The van der Waals surface area contributed by atoms with E-state index in [0.29, 0.717) is 12.1 Å². The average molecular weight is 299 g/mol. The van der Waals surface area contributed by atoms with Crippen molar-refractivity contribution in [1.29, 1.82) is 0 Å². The lowest BCUT2D eigenvalue weighted by Gasteiger charge is -2.08. The molecule has 2 aromatic rings. The van der Waals surface area contributed by atoms with Gasteiger partial charge in [0.2, 0.25) is 0 Å². The Morgan fingerprint density at radius 2 is 2.00 bits per heavy atom. The summed E-state index contributed by atoms with van der Waals surface area (Å²) in [5, 5.41) is 2.82. The Balaban J connectivity index is 1.66. The van der Waals surface area contributed by atoms with Crippen molar-refractivity contribution >= 4 is 5.91 Å². The van der Waals surface area contributed by atoms with E-state index >= 15 is 0 Å². The van der Waals surface area contributed by atoms with Crippen molar-refractivity contribution in [3.63, 3.8) is 0 Å². The van der Waals surface area contributed by atoms with E-state index in [1.54, 1.807) is 6.07 Å². The highest BCUT2D eigenvalue weighted by molar-refractivity contribution is 5.94. The highest BCUT2D eigenvalue weighted by atomic mass is 19.1. The number of nitrogens with one attached hydrogen (secondary N) is 1. The van der Waals surface area contributed by atoms with E-state index in [2.05, 4.69) is 17.4 Å². The maximum Gasteiger partial charge on any atom is 0.251 e. The van der Waals surface area contributed by atoms with E-state index in [1.165, 1.54) is 36.8 Å². The minimum atomic E-state index is -0.535. The van der Waals surface area contributed by atoms with Crippen molar-refractivity contribution in [3.05, 3.63) is 64.5 Å². The average Bonchev–Trinajstić information content (AvgIpc) is 3.00. The zero-order valence-electron chi connectivity index (χ0n) is 12.5. The van der Waals surface area contributed by atoms with Crippen LogP contribution in [0.3, 0.4) is 0 Å². The van der Waals surface area contributed by atoms with Gasteiger partial charge in [-0.3, -0.25) is 4.79 Å². The number of benzene rings is 2. The van der Waals surface area contributed by atoms with Crippen LogP contribution in [0.2, 0.25) is 0 Å². The lowest BCUT2D eigenvalue weighted by atomic mass is 10.1. The Hall–Kier alpha value is -2.36. The van der Waals surface area contributed by atoms with Crippen molar-refractivity contribution < 1.29 is 13.9 Å². The van der Waals surface area contributed by atoms with Gasteiger partial charge in [0.1, 0.15) is 0 Å². The molecule has 3 rings (SSSR count). The van der Waals surface area contributed by atoms with Crippen LogP contribution in [0.25, 0.3) is 0 Å². The summed E-state index contributed by atoms with van der Waals surface area (Å²) in [6, 6.07) is 10.5. The molecule has 0 heterocycles. The van der Waals surface area contributed by atoms with E-state index in [1.807, 2.05) is 6.07 Å². The molecule has 0 radical (unpaired) electrons. The van der Waals surface area contributed by atoms with Crippen molar-refractivity contribution in [1.82, 2.24) is 5.32 Å². The predicted molar refractivity (Wildman–Crippen MR) is 82.6 cm³/mol. The van der Waals surface area contributed by atoms with Crippen molar-refractivity contribution in [2.24, 2.45) is 0 Å². The van der Waals surface area contributed by atoms with Gasteiger partial charge in [0.05, 0.1) is 7.11 Å². The standard InChI is InChI=1S/C18H18FNO2/c1-22-17-8-7-15(10-16(17)19)18(21)20-11-12-5-6-13-3-2-4-14(13)9-12/h5-10H,2-4,11H2,1H3,(H,20,21). The molecule has 0 spiro atoms. The molecule has 0 unspecified atom stereocenters. The van der Waals surface area contributed by atoms with Gasteiger partial charge in [-0.2, -0.15) is 0 Å². The van der Waals surface area contributed by atoms with E-state index in [4.69, 9.17) is 4.74 Å². The van der Waals surface area contributed by atoms with Crippen LogP contribution in [0.15, 0.2) is 36.4 Å². The molecular weight excluding hydrogens is 281 g/mol. The first-order valence-electron chi connectivity index (χ1n) is 7.40. The second-order valence-corrected chi connectivity index (χ2v) is 5.49. The summed E-state index contributed by atoms with van der Waals surface area (Å²) in [7, 11) is 1.39. The number of aryl methyl sites for hydroxylation is 2. The molecule has 4 heteroatoms. The molecule has 3 nitrogen and oxygen atoms in total. The number of hydrogen-bond donors (Lipinski definition) is 1. The van der Waals surface area contributed by atoms with Crippen LogP contribution >= 0.6 is 0 Å². The fraction of sp³-hybridized carbons (Fsp3) is 0.278. The third-order valence-electron chi connectivity index (χ3n) is 4.03. The highest BCUT2D eigenvalue weighted by Crippen LogP contribution is 2.23. The number of amides is 1. The largest absolute Gasteiger partial charge is 0.494 e. The van der Waals surface area contributed by atoms with Crippen LogP contribution < -0.4 is 10.1 Å². The Labute approximate surface area is 129 Å². The van der Waals surface area contributed by atoms with Crippen LogP contribution in [0.1, 0.15) is 33.5 Å². The molecule has 0 fully saturated rings. The normalized spacial score (nSPS) is 12.8. The number of carbonyl (C=O) groups is 1. The fourth-order valence-electron chi connectivity index (χ4n) is 2.83. The molecule has 1 amide bonds. The number of fused-ring (bicyclic) bond motifs is 1. The van der Waals surface area contributed by atoms with Crippen LogP contribution in [-0.4, -0.2) is 13.0 Å². The van der Waals surface area contributed by atoms with E-state index in [-0.39, 0.29) is 11.7 Å². The molecule has 0 saturated carbocycles. The summed E-state index contributed by atoms with van der Waals surface area (Å²) in [5.41, 5.74) is 4.15. The molecular formula is C18H18FNO2. The number of carbonyl (C=O) groups excluding carboxylic acids is 1. The Kier molecular flexibility index (Phi) is 4.09. The van der Waals surface area contributed by atoms with Crippen LogP contribution in [0, 0.1) is 5.82 Å². The van der Waals surface area contributed by atoms with Gasteiger partial charge in [-0.15, -0.1) is 0 Å². The van der Waals surface area contributed by atoms with Crippen molar-refractivity contribution in [2.75, 3.05) is 7.11 Å². The second kappa shape index (κ2) is 6.18. The Morgan fingerprint density at radius 3 is 2.77 bits per heavy atom. The maximum absolute atomic E-state index is 13.6. The summed E-state index contributed by atoms with van der Waals surface area (Å²) in [6.07, 6.45) is 3.46. The first kappa shape index (κ1) is 14.6. The molecule has 1 aliphatic carbocycles. The summed E-state index contributed by atoms with van der Waals surface area (Å²) < 4.78 is 18.5. The molecule has 1 N–H and O–H groups in total. The minimum Gasteiger partial charge on any atom is -0.494 e. The first-order chi connectivity index (χ1) is 10.7. The summed E-state index contributed by atoms with van der Waals surface area (Å²) in [6.45, 7) is 0.444. The predicted octanol–water partition coefficient (Wildman–Crippen LogP) is 3.25. The smallest absolute Gasteiger partial charge is 0.251 e. The maximum atomic E-state index is 13.6. The lowest BCUT2D eigenvalue weighted by molar-refractivity contribution is 0.0950. The van der Waals surface area contributed by atoms with Gasteiger partial charge in [-0.1, -0.05) is 18.2 Å². The monoisotopic (exact) mass is 299 g/mol. The van der Waals surface area contributed by atoms with E-state index in [0.717, 1.165) is 18.4 Å². The van der Waals surface area contributed by atoms with Gasteiger partial charge in [0, 0.05) is 12.1 Å². The zero-order valence-corrected chi connectivity index (χ0v) is 12.5. The highest BCUT2D eigenvalue weighted by Gasteiger charge is 2.12. The molecule has 0 aliphatic heterocycles. The van der Waals surface area contributed by atoms with E-state index < -0.39 is 5.82 Å². The minimum absolute atomic E-state index is 0.134. The third kappa shape index (κ3) is 2.96. The number of ether oxygens (including phenoxy) is 1. The van der Waals surface area contributed by atoms with Gasteiger partial charge in [0.15, 0.2) is 11.6 Å². The number of rotatable bonds is 4. The number of methoxy groups -OCH3 is 1. The molecule has 114 valence electrons. The molecule has 0 saturated heterocycles. The van der Waals surface area contributed by atoms with Gasteiger partial charge < -0.3 is 10.1 Å². The Morgan fingerprint density at radius 1 is 1.18 bits per heavy atom. The summed E-state index contributed by atoms with van der Waals surface area (Å²) in [4.78, 5) is 12.1. The number of halogens is 1. The summed E-state index contributed by atoms with van der Waals surface area (Å²) >= 11 is 0. The van der Waals surface area contributed by atoms with Crippen molar-refractivity contribution in [3.8, 4) is 5.75 Å². The molecule has 2 aromatic carbocycles. The second-order valence-electron chi connectivity index (χ2n) is 5.49. The fourth-order valence-corrected chi connectivity index (χ4v) is 2.83. The van der Waals surface area contributed by atoms with E-state index in [9.17, 15) is 9.18 Å². The van der Waals surface area contributed by atoms with Crippen molar-refractivity contribution in [2.45, 2.75) is 25.8 Å². The first-order valence-corrected chi connectivity index (χ1v) is 7.40. The molecule has 1 aliphatic rings. The van der Waals surface area contributed by atoms with Gasteiger partial charge in [-0.25, -0.2) is 4.39 Å². The van der Waals surface area contributed by atoms with Crippen LogP contribution in [0.4, 0.5) is 4.39 Å². The summed E-state index contributed by atoms with van der Waals surface area (Å²) in [5.74, 6) is -0.690. The van der Waals surface area contributed by atoms with Crippen LogP contribution in [-0.2, 0) is 19.4 Å². The molecule has 0 atom stereocenters. The van der Waals surface area contributed by atoms with Gasteiger partial charge in [0.25, 0.3) is 5.91 Å². The Bertz CT molecular complexity index is 712. The molecule has 0 aromatic heterocycles. The van der Waals surface area contributed by atoms with Crippen LogP contribution in [0.5, 0.6) is 5.75 Å². The van der Waals surface area contributed by atoms with Gasteiger partial charge in [-0.05, 0) is 54.2 Å². The molecule has 0 bridgehead atoms. The lowest BCUT2D eigenvalue weighted by Crippen LogP contribution is -2.23. The number of hydrogen-bond acceptors (Lipinski definition) is 2. The molecule has 22 heavy (non-hydrogen) atoms. The quantitative estimate of drug-likeness (QED) is 0.941. The third-order valence-corrected chi connectivity index (χ3v) is 4.03. The zero-order chi connectivity index (χ0) is 15.5. The topological polar surface area (TPSA) is 38.3 Å².